The Bertz CT molecular complexity index is 1540. The van der Waals surface area contributed by atoms with Gasteiger partial charge in [-0.1, -0.05) is 41.9 Å². The van der Waals surface area contributed by atoms with Gasteiger partial charge in [-0.05, 0) is 75.6 Å². The van der Waals surface area contributed by atoms with Crippen LogP contribution in [0.15, 0.2) is 75.6 Å². The summed E-state index contributed by atoms with van der Waals surface area (Å²) in [6, 6.07) is 20.7. The molecule has 33 heavy (non-hydrogen) atoms. The van der Waals surface area contributed by atoms with Gasteiger partial charge in [0.05, 0.1) is 27.9 Å². The Morgan fingerprint density at radius 1 is 1.09 bits per heavy atom. The minimum Gasteiger partial charge on any atom is -0.495 e. The lowest BCUT2D eigenvalue weighted by atomic mass is 10.0. The monoisotopic (exact) mass is 520 g/mol. The standard InChI is InChI=1S/C26H18BrClN2O3/c1-14-7-10-22-21(11-14)30-26(33-22)16-8-9-19(28)20(13-16)29-25(31)18-12-15-5-3-4-6-17(15)23(27)24(18)32-2/h3-13H,1-2H3,(H,29,31). The molecule has 0 radical (unpaired) electrons. The number of anilines is 1. The van der Waals surface area contributed by atoms with E-state index in [1.54, 1.807) is 18.2 Å². The average molecular weight is 522 g/mol. The maximum absolute atomic E-state index is 13.3. The van der Waals surface area contributed by atoms with Gasteiger partial charge in [0.15, 0.2) is 5.58 Å². The van der Waals surface area contributed by atoms with Crippen LogP contribution in [0.3, 0.4) is 0 Å². The number of rotatable bonds is 4. The number of nitrogens with zero attached hydrogens (tertiary/aromatic N) is 1. The van der Waals surface area contributed by atoms with Gasteiger partial charge in [-0.2, -0.15) is 0 Å². The zero-order valence-corrected chi connectivity index (χ0v) is 20.1. The van der Waals surface area contributed by atoms with Crippen molar-refractivity contribution in [2.75, 3.05) is 12.4 Å². The summed E-state index contributed by atoms with van der Waals surface area (Å²) in [4.78, 5) is 17.8. The van der Waals surface area contributed by atoms with Gasteiger partial charge in [0.1, 0.15) is 11.3 Å². The molecule has 5 nitrogen and oxygen atoms in total. The molecule has 0 aliphatic heterocycles. The maximum atomic E-state index is 13.3. The van der Waals surface area contributed by atoms with Crippen LogP contribution < -0.4 is 10.1 Å². The molecule has 0 aliphatic rings. The van der Waals surface area contributed by atoms with E-state index in [0.717, 1.165) is 26.3 Å². The molecule has 0 bridgehead atoms. The third-order valence-corrected chi connectivity index (χ3v) is 6.51. The number of amides is 1. The van der Waals surface area contributed by atoms with E-state index >= 15 is 0 Å². The molecular weight excluding hydrogens is 504 g/mol. The largest absolute Gasteiger partial charge is 0.495 e. The third-order valence-electron chi connectivity index (χ3n) is 5.39. The van der Waals surface area contributed by atoms with Crippen molar-refractivity contribution in [3.8, 4) is 17.2 Å². The summed E-state index contributed by atoms with van der Waals surface area (Å²) in [6.45, 7) is 2.00. The first-order valence-corrected chi connectivity index (χ1v) is 11.4. The number of aryl methyl sites for hydroxylation is 1. The first-order valence-electron chi connectivity index (χ1n) is 10.2. The predicted molar refractivity (Wildman–Crippen MR) is 135 cm³/mol. The molecule has 1 N–H and O–H groups in total. The number of nitrogens with one attached hydrogen (secondary N) is 1. The first kappa shape index (κ1) is 21.5. The quantitative estimate of drug-likeness (QED) is 0.264. The average Bonchev–Trinajstić information content (AvgIpc) is 3.23. The molecule has 0 saturated heterocycles. The van der Waals surface area contributed by atoms with Crippen LogP contribution in [0.25, 0.3) is 33.3 Å². The van der Waals surface area contributed by atoms with Crippen LogP contribution in [0.2, 0.25) is 5.02 Å². The molecule has 164 valence electrons. The van der Waals surface area contributed by atoms with E-state index in [2.05, 4.69) is 26.2 Å². The summed E-state index contributed by atoms with van der Waals surface area (Å²) >= 11 is 9.98. The Hall–Kier alpha value is -3.35. The molecule has 0 fully saturated rings. The molecule has 0 aliphatic carbocycles. The van der Waals surface area contributed by atoms with Gasteiger partial charge in [0, 0.05) is 5.56 Å². The second-order valence-electron chi connectivity index (χ2n) is 7.63. The van der Waals surface area contributed by atoms with Crippen molar-refractivity contribution < 1.29 is 13.9 Å². The highest BCUT2D eigenvalue weighted by Crippen LogP contribution is 2.37. The zero-order chi connectivity index (χ0) is 23.1. The molecule has 1 heterocycles. The summed E-state index contributed by atoms with van der Waals surface area (Å²) in [5.74, 6) is 0.562. The van der Waals surface area contributed by atoms with Crippen molar-refractivity contribution in [3.63, 3.8) is 0 Å². The van der Waals surface area contributed by atoms with Gasteiger partial charge in [0.2, 0.25) is 5.89 Å². The fourth-order valence-corrected chi connectivity index (χ4v) is 4.66. The van der Waals surface area contributed by atoms with Crippen LogP contribution in [0, 0.1) is 6.92 Å². The lowest BCUT2D eigenvalue weighted by Gasteiger charge is -2.14. The van der Waals surface area contributed by atoms with Crippen LogP contribution in [-0.4, -0.2) is 18.0 Å². The molecular formula is C26H18BrClN2O3. The number of halogens is 2. The summed E-state index contributed by atoms with van der Waals surface area (Å²) in [5, 5.41) is 5.18. The van der Waals surface area contributed by atoms with E-state index < -0.39 is 0 Å². The van der Waals surface area contributed by atoms with Crippen LogP contribution in [-0.2, 0) is 0 Å². The van der Waals surface area contributed by atoms with Crippen molar-refractivity contribution in [2.24, 2.45) is 0 Å². The Morgan fingerprint density at radius 3 is 2.73 bits per heavy atom. The van der Waals surface area contributed by atoms with E-state index in [9.17, 15) is 4.79 Å². The molecule has 1 amide bonds. The molecule has 0 atom stereocenters. The Morgan fingerprint density at radius 2 is 1.91 bits per heavy atom. The second kappa shape index (κ2) is 8.54. The molecule has 5 rings (SSSR count). The van der Waals surface area contributed by atoms with Crippen molar-refractivity contribution in [1.29, 1.82) is 0 Å². The van der Waals surface area contributed by atoms with Gasteiger partial charge < -0.3 is 14.5 Å². The number of fused-ring (bicyclic) bond motifs is 2. The zero-order valence-electron chi connectivity index (χ0n) is 17.8. The Balaban J connectivity index is 1.52. The van der Waals surface area contributed by atoms with Crippen LogP contribution in [0.1, 0.15) is 15.9 Å². The van der Waals surface area contributed by atoms with Gasteiger partial charge in [-0.15, -0.1) is 0 Å². The predicted octanol–water partition coefficient (Wildman–Crippen LogP) is 7.63. The highest BCUT2D eigenvalue weighted by molar-refractivity contribution is 9.10. The second-order valence-corrected chi connectivity index (χ2v) is 8.83. The van der Waals surface area contributed by atoms with E-state index in [1.807, 2.05) is 55.5 Å². The summed E-state index contributed by atoms with van der Waals surface area (Å²) in [7, 11) is 1.54. The van der Waals surface area contributed by atoms with Crippen LogP contribution in [0.5, 0.6) is 5.75 Å². The van der Waals surface area contributed by atoms with Crippen LogP contribution in [0.4, 0.5) is 5.69 Å². The summed E-state index contributed by atoms with van der Waals surface area (Å²) in [6.07, 6.45) is 0. The molecule has 0 spiro atoms. The fraction of sp³-hybridized carbons (Fsp3) is 0.0769. The minimum absolute atomic E-state index is 0.342. The number of methoxy groups -OCH3 is 1. The third kappa shape index (κ3) is 3.96. The lowest BCUT2D eigenvalue weighted by molar-refractivity contribution is 0.102. The Labute approximate surface area is 203 Å². The normalized spacial score (nSPS) is 11.2. The molecule has 0 saturated carbocycles. The number of benzene rings is 4. The van der Waals surface area contributed by atoms with E-state index in [0.29, 0.717) is 39.1 Å². The van der Waals surface area contributed by atoms with Gasteiger partial charge in [-0.25, -0.2) is 4.98 Å². The molecule has 1 aromatic heterocycles. The number of hydrogen-bond acceptors (Lipinski definition) is 4. The SMILES string of the molecule is COc1c(C(=O)Nc2cc(-c3nc4cc(C)ccc4o3)ccc2Cl)cc2ccccc2c1Br. The number of ether oxygens (including phenoxy) is 1. The van der Waals surface area contributed by atoms with Crippen LogP contribution >= 0.6 is 27.5 Å². The van der Waals surface area contributed by atoms with E-state index in [-0.39, 0.29) is 5.91 Å². The van der Waals surface area contributed by atoms with Crippen molar-refractivity contribution >= 4 is 61.0 Å². The van der Waals surface area contributed by atoms with Gasteiger partial charge in [0.25, 0.3) is 5.91 Å². The van der Waals surface area contributed by atoms with E-state index in [4.69, 9.17) is 20.8 Å². The number of hydrogen-bond donors (Lipinski definition) is 1. The number of aromatic nitrogens is 1. The van der Waals surface area contributed by atoms with Gasteiger partial charge >= 0.3 is 0 Å². The summed E-state index contributed by atoms with van der Waals surface area (Å²) < 4.78 is 12.2. The first-order chi connectivity index (χ1) is 15.9. The highest BCUT2D eigenvalue weighted by Gasteiger charge is 2.20. The topological polar surface area (TPSA) is 64.4 Å². The number of carbonyl (C=O) groups is 1. The van der Waals surface area contributed by atoms with Gasteiger partial charge in [-0.3, -0.25) is 4.79 Å². The molecule has 5 aromatic rings. The van der Waals surface area contributed by atoms with E-state index in [1.165, 1.54) is 7.11 Å². The fourth-order valence-electron chi connectivity index (χ4n) is 3.76. The number of carbonyl (C=O) groups excluding carboxylic acids is 1. The van der Waals surface area contributed by atoms with Crippen molar-refractivity contribution in [2.45, 2.75) is 6.92 Å². The van der Waals surface area contributed by atoms with Crippen molar-refractivity contribution in [3.05, 3.63) is 87.4 Å². The smallest absolute Gasteiger partial charge is 0.259 e. The lowest BCUT2D eigenvalue weighted by Crippen LogP contribution is -2.14. The van der Waals surface area contributed by atoms with Crippen molar-refractivity contribution in [1.82, 2.24) is 4.98 Å². The Kier molecular flexibility index (Phi) is 5.56. The number of oxazole rings is 1. The molecule has 4 aromatic carbocycles. The summed E-state index contributed by atoms with van der Waals surface area (Å²) in [5.41, 5.74) is 4.11. The molecule has 0 unspecified atom stereocenters. The molecule has 7 heteroatoms. The highest BCUT2D eigenvalue weighted by atomic mass is 79.9. The maximum Gasteiger partial charge on any atom is 0.259 e. The minimum atomic E-state index is -0.342.